The number of likely N-dealkylation sites (tertiary alicyclic amines) is 1. The molecule has 2 aromatic heterocycles. The highest BCUT2D eigenvalue weighted by molar-refractivity contribution is 6.30. The summed E-state index contributed by atoms with van der Waals surface area (Å²) >= 11 is 5.96. The Morgan fingerprint density at radius 3 is 2.57 bits per heavy atom. The first-order chi connectivity index (χ1) is 13.7. The van der Waals surface area contributed by atoms with E-state index in [9.17, 15) is 4.79 Å². The Hall–Kier alpha value is -2.17. The Bertz CT molecular complexity index is 975. The molecule has 0 spiro atoms. The highest BCUT2D eigenvalue weighted by Crippen LogP contribution is 2.23. The summed E-state index contributed by atoms with van der Waals surface area (Å²) in [6, 6.07) is 15.5. The first-order valence-corrected chi connectivity index (χ1v) is 10.5. The number of piperidine rings is 1. The number of hydrogen-bond donors (Lipinski definition) is 0. The van der Waals surface area contributed by atoms with E-state index in [2.05, 4.69) is 22.0 Å². The molecule has 0 atom stereocenters. The molecule has 0 aliphatic carbocycles. The predicted molar refractivity (Wildman–Crippen MR) is 115 cm³/mol. The van der Waals surface area contributed by atoms with Crippen molar-refractivity contribution < 1.29 is 0 Å². The van der Waals surface area contributed by atoms with Crippen molar-refractivity contribution in [2.75, 3.05) is 19.6 Å². The number of nitrogens with zero attached hydrogens (tertiary/aromatic N) is 3. The molecule has 1 aliphatic rings. The monoisotopic (exact) mass is 395 g/mol. The van der Waals surface area contributed by atoms with Crippen molar-refractivity contribution in [2.24, 2.45) is 5.92 Å². The van der Waals surface area contributed by atoms with Gasteiger partial charge in [0.15, 0.2) is 0 Å². The summed E-state index contributed by atoms with van der Waals surface area (Å²) in [5.74, 6) is 0.788. The van der Waals surface area contributed by atoms with Crippen LogP contribution in [-0.4, -0.2) is 34.1 Å². The molecule has 0 radical (unpaired) electrons. The van der Waals surface area contributed by atoms with Gasteiger partial charge < -0.3 is 9.47 Å². The van der Waals surface area contributed by atoms with E-state index in [1.165, 1.54) is 24.8 Å². The minimum absolute atomic E-state index is 0.0540. The smallest absolute Gasteiger partial charge is 0.251 e. The molecule has 0 N–H and O–H groups in total. The molecule has 5 heteroatoms. The van der Waals surface area contributed by atoms with Gasteiger partial charge in [0.05, 0.1) is 11.0 Å². The zero-order valence-electron chi connectivity index (χ0n) is 16.1. The normalized spacial score (nSPS) is 15.9. The number of hydrogen-bond acceptors (Lipinski definition) is 3. The summed E-state index contributed by atoms with van der Waals surface area (Å²) in [6.07, 6.45) is 6.61. The average molecular weight is 396 g/mol. The van der Waals surface area contributed by atoms with Crippen molar-refractivity contribution >= 4 is 22.6 Å². The van der Waals surface area contributed by atoms with Crippen LogP contribution in [-0.2, 0) is 13.0 Å². The van der Waals surface area contributed by atoms with Crippen molar-refractivity contribution in [3.8, 4) is 0 Å². The molecule has 0 amide bonds. The van der Waals surface area contributed by atoms with E-state index < -0.39 is 0 Å². The minimum Gasteiger partial charge on any atom is -0.305 e. The Morgan fingerprint density at radius 1 is 1.00 bits per heavy atom. The Kier molecular flexibility index (Phi) is 6.08. The van der Waals surface area contributed by atoms with Gasteiger partial charge in [0.25, 0.3) is 5.56 Å². The lowest BCUT2D eigenvalue weighted by molar-refractivity contribution is 0.174. The molecule has 0 bridgehead atoms. The molecule has 0 unspecified atom stereocenters. The fourth-order valence-electron chi connectivity index (χ4n) is 4.12. The molecular formula is C23H26ClN3O. The largest absolute Gasteiger partial charge is 0.305 e. The molecule has 4 nitrogen and oxygen atoms in total. The average Bonchev–Trinajstić information content (AvgIpc) is 2.73. The lowest BCUT2D eigenvalue weighted by Crippen LogP contribution is -2.37. The third-order valence-electron chi connectivity index (χ3n) is 5.86. The van der Waals surface area contributed by atoms with Gasteiger partial charge in [0.1, 0.15) is 0 Å². The first-order valence-electron chi connectivity index (χ1n) is 10.1. The third-order valence-corrected chi connectivity index (χ3v) is 6.11. The minimum atomic E-state index is 0.0540. The molecule has 3 aromatic rings. The molecule has 1 saturated heterocycles. The quantitative estimate of drug-likeness (QED) is 0.621. The molecule has 28 heavy (non-hydrogen) atoms. The lowest BCUT2D eigenvalue weighted by atomic mass is 9.90. The number of benzene rings is 1. The molecule has 0 saturated carbocycles. The van der Waals surface area contributed by atoms with E-state index in [0.717, 1.165) is 54.6 Å². The van der Waals surface area contributed by atoms with Gasteiger partial charge in [0.2, 0.25) is 0 Å². The van der Waals surface area contributed by atoms with E-state index in [0.29, 0.717) is 0 Å². The van der Waals surface area contributed by atoms with Gasteiger partial charge in [-0.25, -0.2) is 0 Å². The summed E-state index contributed by atoms with van der Waals surface area (Å²) < 4.78 is 1.86. The van der Waals surface area contributed by atoms with Gasteiger partial charge >= 0.3 is 0 Å². The van der Waals surface area contributed by atoms with Crippen LogP contribution in [0.15, 0.2) is 59.5 Å². The van der Waals surface area contributed by atoms with Crippen LogP contribution >= 0.6 is 11.6 Å². The second-order valence-electron chi connectivity index (χ2n) is 7.68. The number of aromatic nitrogens is 2. The van der Waals surface area contributed by atoms with Crippen molar-refractivity contribution in [3.05, 3.63) is 75.7 Å². The number of aryl methyl sites for hydroxylation is 1. The second kappa shape index (κ2) is 8.89. The van der Waals surface area contributed by atoms with Gasteiger partial charge in [0, 0.05) is 30.4 Å². The van der Waals surface area contributed by atoms with Crippen LogP contribution in [0.3, 0.4) is 0 Å². The number of rotatable bonds is 6. The Morgan fingerprint density at radius 2 is 1.79 bits per heavy atom. The van der Waals surface area contributed by atoms with Crippen molar-refractivity contribution in [1.82, 2.24) is 14.5 Å². The maximum absolute atomic E-state index is 12.3. The van der Waals surface area contributed by atoms with Crippen molar-refractivity contribution in [1.29, 1.82) is 0 Å². The topological polar surface area (TPSA) is 38.1 Å². The van der Waals surface area contributed by atoms with E-state index in [1.54, 1.807) is 18.3 Å². The summed E-state index contributed by atoms with van der Waals surface area (Å²) in [5.41, 5.74) is 3.23. The van der Waals surface area contributed by atoms with Crippen LogP contribution in [0.4, 0.5) is 0 Å². The zero-order valence-corrected chi connectivity index (χ0v) is 16.8. The van der Waals surface area contributed by atoms with Crippen LogP contribution in [0, 0.1) is 5.92 Å². The highest BCUT2D eigenvalue weighted by Gasteiger charge is 2.19. The molecule has 146 valence electrons. The standard InChI is InChI=1S/C23H26ClN3O/c24-20-7-5-18(6-8-20)3-4-19-11-14-26(15-12-19)16-17-27-22-2-1-13-25-21(22)9-10-23(27)28/h1-2,5-10,13,19H,3-4,11-12,14-17H2. The maximum Gasteiger partial charge on any atom is 0.251 e. The fourth-order valence-corrected chi connectivity index (χ4v) is 4.24. The molecular weight excluding hydrogens is 370 g/mol. The number of fused-ring (bicyclic) bond motifs is 1. The summed E-state index contributed by atoms with van der Waals surface area (Å²) in [4.78, 5) is 19.2. The van der Waals surface area contributed by atoms with E-state index in [-0.39, 0.29) is 5.56 Å². The number of pyridine rings is 2. The molecule has 3 heterocycles. The van der Waals surface area contributed by atoms with Crippen LogP contribution in [0.5, 0.6) is 0 Å². The highest BCUT2D eigenvalue weighted by atomic mass is 35.5. The Labute approximate surface area is 170 Å². The van der Waals surface area contributed by atoms with Crippen LogP contribution < -0.4 is 5.56 Å². The van der Waals surface area contributed by atoms with Gasteiger partial charge in [-0.15, -0.1) is 0 Å². The van der Waals surface area contributed by atoms with Crippen LogP contribution in [0.2, 0.25) is 5.02 Å². The SMILES string of the molecule is O=c1ccc2ncccc2n1CCN1CCC(CCc2ccc(Cl)cc2)CC1. The molecule has 1 fully saturated rings. The molecule has 1 aromatic carbocycles. The van der Waals surface area contributed by atoms with Crippen molar-refractivity contribution in [3.63, 3.8) is 0 Å². The van der Waals surface area contributed by atoms with E-state index in [4.69, 9.17) is 11.6 Å². The van der Waals surface area contributed by atoms with Crippen LogP contribution in [0.1, 0.15) is 24.8 Å². The van der Waals surface area contributed by atoms with Crippen LogP contribution in [0.25, 0.3) is 11.0 Å². The maximum atomic E-state index is 12.3. The Balaban J connectivity index is 1.28. The van der Waals surface area contributed by atoms with Gasteiger partial charge in [-0.2, -0.15) is 0 Å². The molecule has 4 rings (SSSR count). The van der Waals surface area contributed by atoms with Gasteiger partial charge in [-0.1, -0.05) is 23.7 Å². The van der Waals surface area contributed by atoms with Crippen molar-refractivity contribution in [2.45, 2.75) is 32.2 Å². The summed E-state index contributed by atoms with van der Waals surface area (Å²) in [5, 5.41) is 0.804. The number of halogens is 1. The third kappa shape index (κ3) is 4.62. The summed E-state index contributed by atoms with van der Waals surface area (Å²) in [6.45, 7) is 3.86. The molecule has 1 aliphatic heterocycles. The predicted octanol–water partition coefficient (Wildman–Crippen LogP) is 4.39. The van der Waals surface area contributed by atoms with Gasteiger partial charge in [-0.3, -0.25) is 9.78 Å². The lowest BCUT2D eigenvalue weighted by Gasteiger charge is -2.32. The first kappa shape index (κ1) is 19.2. The fraction of sp³-hybridized carbons (Fsp3) is 0.391. The van der Waals surface area contributed by atoms with E-state index >= 15 is 0 Å². The van der Waals surface area contributed by atoms with Gasteiger partial charge in [-0.05, 0) is 80.6 Å². The second-order valence-corrected chi connectivity index (χ2v) is 8.12. The summed E-state index contributed by atoms with van der Waals surface area (Å²) in [7, 11) is 0. The zero-order chi connectivity index (χ0) is 19.3. The van der Waals surface area contributed by atoms with E-state index in [1.807, 2.05) is 28.8 Å².